The summed E-state index contributed by atoms with van der Waals surface area (Å²) in [5.41, 5.74) is 1.18. The van der Waals surface area contributed by atoms with E-state index in [4.69, 9.17) is 14.2 Å². The zero-order chi connectivity index (χ0) is 14.9. The van der Waals surface area contributed by atoms with Crippen LogP contribution in [0.5, 0.6) is 11.5 Å². The molecule has 3 nitrogen and oxygen atoms in total. The van der Waals surface area contributed by atoms with E-state index in [1.54, 1.807) is 7.11 Å². The van der Waals surface area contributed by atoms with Gasteiger partial charge in [0, 0.05) is 18.6 Å². The Morgan fingerprint density at radius 2 is 1.50 bits per heavy atom. The van der Waals surface area contributed by atoms with Crippen molar-refractivity contribution in [2.75, 3.05) is 20.3 Å². The fourth-order valence-corrected chi connectivity index (χ4v) is 1.84. The Labute approximate surface area is 144 Å². The van der Waals surface area contributed by atoms with Gasteiger partial charge in [-0.2, -0.15) is 6.92 Å². The number of hydrogen-bond donors (Lipinski definition) is 0. The molecule has 0 aromatic heterocycles. The van der Waals surface area contributed by atoms with Gasteiger partial charge in [0.05, 0.1) is 13.7 Å². The molecule has 117 valence electrons. The van der Waals surface area contributed by atoms with E-state index in [1.807, 2.05) is 49.4 Å². The van der Waals surface area contributed by atoms with Crippen LogP contribution in [0.3, 0.4) is 0 Å². The van der Waals surface area contributed by atoms with Crippen molar-refractivity contribution in [1.29, 1.82) is 0 Å². The first-order chi connectivity index (χ1) is 10.3. The quantitative estimate of drug-likeness (QED) is 0.685. The van der Waals surface area contributed by atoms with Crippen molar-refractivity contribution < 1.29 is 32.8 Å². The fraction of sp³-hybridized carbons (Fsp3) is 0.278. The maximum Gasteiger partial charge on any atom is 0.119 e. The van der Waals surface area contributed by atoms with Gasteiger partial charge in [-0.15, -0.1) is 0 Å². The van der Waals surface area contributed by atoms with E-state index in [-0.39, 0.29) is 18.6 Å². The first kappa shape index (κ1) is 18.6. The van der Waals surface area contributed by atoms with Crippen LogP contribution in [0.25, 0.3) is 0 Å². The molecular weight excluding hydrogens is 315 g/mol. The predicted molar refractivity (Wildman–Crippen MR) is 83.5 cm³/mol. The van der Waals surface area contributed by atoms with Gasteiger partial charge in [0.15, 0.2) is 0 Å². The molecular formula is C18H21O3V-. The number of methoxy groups -OCH3 is 1. The average molecular weight is 336 g/mol. The van der Waals surface area contributed by atoms with Crippen LogP contribution in [0.2, 0.25) is 0 Å². The summed E-state index contributed by atoms with van der Waals surface area (Å²) in [7, 11) is 1.65. The van der Waals surface area contributed by atoms with Gasteiger partial charge < -0.3 is 14.2 Å². The molecule has 0 aliphatic rings. The van der Waals surface area contributed by atoms with Crippen LogP contribution in [-0.2, 0) is 29.9 Å². The molecule has 2 aromatic carbocycles. The molecule has 0 heterocycles. The molecule has 1 radical (unpaired) electrons. The topological polar surface area (TPSA) is 27.7 Å². The molecule has 2 aromatic rings. The second-order valence-corrected chi connectivity index (χ2v) is 4.90. The molecule has 0 fully saturated rings. The van der Waals surface area contributed by atoms with E-state index in [9.17, 15) is 0 Å². The summed E-state index contributed by atoms with van der Waals surface area (Å²) in [5, 5.41) is 0. The normalized spacial score (nSPS) is 10.1. The zero-order valence-electron chi connectivity index (χ0n) is 13.0. The van der Waals surface area contributed by atoms with E-state index in [0.29, 0.717) is 19.8 Å². The third-order valence-electron chi connectivity index (χ3n) is 3.00. The summed E-state index contributed by atoms with van der Waals surface area (Å²) in [6.07, 6.45) is 0. The molecule has 0 N–H and O–H groups in total. The number of benzene rings is 2. The maximum atomic E-state index is 5.70. The van der Waals surface area contributed by atoms with Crippen LogP contribution in [0.4, 0.5) is 0 Å². The second kappa shape index (κ2) is 10.3. The molecule has 22 heavy (non-hydrogen) atoms. The number of ether oxygens (including phenoxy) is 3. The largest absolute Gasteiger partial charge is 0.525 e. The Morgan fingerprint density at radius 1 is 0.864 bits per heavy atom. The summed E-state index contributed by atoms with van der Waals surface area (Å²) in [4.78, 5) is 0. The standard InChI is InChI=1S/C18H21O3.V/c1-15(12-20-14-16-6-4-3-5-7-16)13-21-18-10-8-17(19-2)9-11-18;/h3-11H,12-14H2,1-2H3;/q-1;. The first-order valence-electron chi connectivity index (χ1n) is 6.98. The van der Waals surface area contributed by atoms with Crippen LogP contribution in [-0.4, -0.2) is 20.3 Å². The third-order valence-corrected chi connectivity index (χ3v) is 3.00. The zero-order valence-corrected chi connectivity index (χ0v) is 14.4. The van der Waals surface area contributed by atoms with Gasteiger partial charge in [-0.25, -0.2) is 0 Å². The minimum absolute atomic E-state index is 0. The summed E-state index contributed by atoms with van der Waals surface area (Å²) in [5.74, 6) is 2.81. The van der Waals surface area contributed by atoms with Crippen molar-refractivity contribution in [1.82, 2.24) is 0 Å². The Morgan fingerprint density at radius 3 is 2.14 bits per heavy atom. The molecule has 0 unspecified atom stereocenters. The molecule has 0 atom stereocenters. The van der Waals surface area contributed by atoms with E-state index in [2.05, 4.69) is 12.1 Å². The Bertz CT molecular complexity index is 514. The molecule has 4 heteroatoms. The van der Waals surface area contributed by atoms with Crippen LogP contribution in [0.1, 0.15) is 12.5 Å². The first-order valence-corrected chi connectivity index (χ1v) is 6.98. The van der Waals surface area contributed by atoms with Gasteiger partial charge in [-0.05, 0) is 36.4 Å². The predicted octanol–water partition coefficient (Wildman–Crippen LogP) is 3.88. The second-order valence-electron chi connectivity index (χ2n) is 4.90. The summed E-state index contributed by atoms with van der Waals surface area (Å²) in [6.45, 7) is 3.82. The average Bonchev–Trinajstić information content (AvgIpc) is 2.54. The summed E-state index contributed by atoms with van der Waals surface area (Å²) >= 11 is 0. The van der Waals surface area contributed by atoms with E-state index < -0.39 is 0 Å². The molecule has 0 aliphatic heterocycles. The maximum absolute atomic E-state index is 5.70. The Balaban J connectivity index is 0.00000242. The van der Waals surface area contributed by atoms with Crippen molar-refractivity contribution >= 4 is 0 Å². The Hall–Kier alpha value is -1.42. The van der Waals surface area contributed by atoms with Crippen molar-refractivity contribution in [2.24, 2.45) is 0 Å². The van der Waals surface area contributed by atoms with E-state index in [1.165, 1.54) is 5.56 Å². The molecule has 0 amide bonds. The monoisotopic (exact) mass is 336 g/mol. The van der Waals surface area contributed by atoms with E-state index in [0.717, 1.165) is 17.4 Å². The van der Waals surface area contributed by atoms with Crippen molar-refractivity contribution in [3.8, 4) is 11.5 Å². The number of hydrogen-bond acceptors (Lipinski definition) is 3. The SMILES string of the molecule is COc1ccc(OC[C-](C)COCc2ccccc2)cc1.[V]. The summed E-state index contributed by atoms with van der Waals surface area (Å²) in [6, 6.07) is 17.7. The molecule has 0 spiro atoms. The smallest absolute Gasteiger partial charge is 0.119 e. The van der Waals surface area contributed by atoms with Gasteiger partial charge in [0.2, 0.25) is 0 Å². The third kappa shape index (κ3) is 6.57. The molecule has 0 saturated heterocycles. The Kier molecular flexibility index (Phi) is 8.75. The van der Waals surface area contributed by atoms with Crippen LogP contribution in [0, 0.1) is 5.92 Å². The van der Waals surface area contributed by atoms with Crippen LogP contribution in [0.15, 0.2) is 54.6 Å². The van der Waals surface area contributed by atoms with Gasteiger partial charge in [-0.1, -0.05) is 36.9 Å². The van der Waals surface area contributed by atoms with Crippen LogP contribution >= 0.6 is 0 Å². The fourth-order valence-electron chi connectivity index (χ4n) is 1.84. The molecule has 0 bridgehead atoms. The van der Waals surface area contributed by atoms with Crippen molar-refractivity contribution in [2.45, 2.75) is 13.5 Å². The molecule has 0 aliphatic carbocycles. The van der Waals surface area contributed by atoms with Gasteiger partial charge in [0.1, 0.15) is 11.5 Å². The van der Waals surface area contributed by atoms with E-state index >= 15 is 0 Å². The van der Waals surface area contributed by atoms with Crippen LogP contribution < -0.4 is 9.47 Å². The molecule has 0 saturated carbocycles. The minimum Gasteiger partial charge on any atom is -0.525 e. The minimum atomic E-state index is 0. The van der Waals surface area contributed by atoms with Gasteiger partial charge in [0.25, 0.3) is 0 Å². The summed E-state index contributed by atoms with van der Waals surface area (Å²) < 4.78 is 16.5. The number of rotatable bonds is 8. The van der Waals surface area contributed by atoms with Gasteiger partial charge >= 0.3 is 0 Å². The molecule has 2 rings (SSSR count). The van der Waals surface area contributed by atoms with Crippen molar-refractivity contribution in [3.63, 3.8) is 0 Å². The van der Waals surface area contributed by atoms with Crippen molar-refractivity contribution in [3.05, 3.63) is 66.1 Å². The van der Waals surface area contributed by atoms with Gasteiger partial charge in [-0.3, -0.25) is 5.92 Å².